The highest BCUT2D eigenvalue weighted by atomic mass is 35.5. The maximum absolute atomic E-state index is 6.25. The number of aryl methyl sites for hydroxylation is 2. The molecule has 4 heteroatoms. The van der Waals surface area contributed by atoms with Gasteiger partial charge in [-0.05, 0) is 61.1 Å². The summed E-state index contributed by atoms with van der Waals surface area (Å²) in [5, 5.41) is 2.58. The van der Waals surface area contributed by atoms with Crippen LogP contribution in [-0.2, 0) is 6.42 Å². The van der Waals surface area contributed by atoms with Crippen molar-refractivity contribution < 1.29 is 0 Å². The Bertz CT molecular complexity index is 645. The van der Waals surface area contributed by atoms with Crippen LogP contribution in [0.5, 0.6) is 0 Å². The van der Waals surface area contributed by atoms with Crippen molar-refractivity contribution in [1.82, 2.24) is 0 Å². The zero-order valence-electron chi connectivity index (χ0n) is 11.1. The molecular weight excluding hydrogens is 334 g/mol. The molecule has 105 valence electrons. The third kappa shape index (κ3) is 3.43. The Morgan fingerprint density at radius 2 is 1.55 bits per heavy atom. The molecule has 0 saturated carbocycles. The smallest absolute Gasteiger partial charge is 0.0627 e. The first kappa shape index (κ1) is 16.0. The fourth-order valence-corrected chi connectivity index (χ4v) is 2.82. The Hall–Kier alpha value is -0.400. The van der Waals surface area contributed by atoms with E-state index in [0.29, 0.717) is 26.5 Å². The average Bonchev–Trinajstić information content (AvgIpc) is 2.40. The summed E-state index contributed by atoms with van der Waals surface area (Å²) < 4.78 is 0. The third-order valence-electron chi connectivity index (χ3n) is 3.18. The van der Waals surface area contributed by atoms with Crippen LogP contribution in [0, 0.1) is 20.3 Å². The summed E-state index contributed by atoms with van der Waals surface area (Å²) in [6.07, 6.45) is 2.65. The van der Waals surface area contributed by atoms with Crippen molar-refractivity contribution in [1.29, 1.82) is 0 Å². The molecule has 0 amide bonds. The van der Waals surface area contributed by atoms with Crippen LogP contribution in [0.1, 0.15) is 22.3 Å². The first-order valence-electron chi connectivity index (χ1n) is 6.12. The van der Waals surface area contributed by atoms with Gasteiger partial charge >= 0.3 is 0 Å². The van der Waals surface area contributed by atoms with Gasteiger partial charge in [-0.2, -0.15) is 0 Å². The molecule has 0 aliphatic rings. The lowest BCUT2D eigenvalue weighted by Crippen LogP contribution is -1.93. The number of hydrogen-bond acceptors (Lipinski definition) is 0. The molecule has 1 radical (unpaired) electrons. The van der Waals surface area contributed by atoms with Crippen molar-refractivity contribution in [2.75, 3.05) is 0 Å². The highest BCUT2D eigenvalue weighted by Gasteiger charge is 2.10. The van der Waals surface area contributed by atoms with Gasteiger partial charge in [0.05, 0.1) is 10.0 Å². The lowest BCUT2D eigenvalue weighted by Gasteiger charge is -2.10. The molecule has 0 fully saturated rings. The van der Waals surface area contributed by atoms with E-state index in [0.717, 1.165) is 22.3 Å². The van der Waals surface area contributed by atoms with Gasteiger partial charge in [0.25, 0.3) is 0 Å². The van der Waals surface area contributed by atoms with E-state index in [2.05, 4.69) is 0 Å². The van der Waals surface area contributed by atoms with Gasteiger partial charge in [-0.1, -0.05) is 58.5 Å². The molecular formula is C16H13Cl4. The van der Waals surface area contributed by atoms with Crippen molar-refractivity contribution in [3.63, 3.8) is 0 Å². The summed E-state index contributed by atoms with van der Waals surface area (Å²) >= 11 is 24.7. The topological polar surface area (TPSA) is 0 Å². The van der Waals surface area contributed by atoms with Gasteiger partial charge in [-0.15, -0.1) is 0 Å². The zero-order chi connectivity index (χ0) is 14.9. The second kappa shape index (κ2) is 6.58. The standard InChI is InChI=1S/C16H13Cl4/c1-9-3-4-11(16(20)15(9)19)5-6-12-8-13(17)10(2)7-14(12)18/h3-4,6-8H,5H2,1-2H3. The number of halogens is 4. The molecule has 0 aromatic heterocycles. The van der Waals surface area contributed by atoms with Crippen LogP contribution >= 0.6 is 46.4 Å². The molecule has 2 rings (SSSR count). The van der Waals surface area contributed by atoms with Crippen molar-refractivity contribution in [2.45, 2.75) is 20.3 Å². The normalized spacial score (nSPS) is 10.9. The van der Waals surface area contributed by atoms with Crippen molar-refractivity contribution in [3.8, 4) is 0 Å². The van der Waals surface area contributed by atoms with E-state index in [-0.39, 0.29) is 0 Å². The minimum atomic E-state index is 0.595. The molecule has 0 unspecified atom stereocenters. The molecule has 0 atom stereocenters. The third-order valence-corrected chi connectivity index (χ3v) is 4.93. The number of rotatable bonds is 3. The minimum absolute atomic E-state index is 0.595. The van der Waals surface area contributed by atoms with E-state index < -0.39 is 0 Å². The molecule has 2 aromatic rings. The molecule has 0 aliphatic carbocycles. The van der Waals surface area contributed by atoms with Crippen LogP contribution in [0.15, 0.2) is 24.3 Å². The lowest BCUT2D eigenvalue weighted by molar-refractivity contribution is 1.16. The molecule has 0 aliphatic heterocycles. The molecule has 0 nitrogen and oxygen atoms in total. The highest BCUT2D eigenvalue weighted by molar-refractivity contribution is 6.43. The summed E-state index contributed by atoms with van der Waals surface area (Å²) in [6.45, 7) is 3.85. The van der Waals surface area contributed by atoms with Gasteiger partial charge in [0.1, 0.15) is 0 Å². The molecule has 0 saturated heterocycles. The van der Waals surface area contributed by atoms with E-state index in [1.165, 1.54) is 0 Å². The van der Waals surface area contributed by atoms with Crippen LogP contribution in [0.25, 0.3) is 0 Å². The average molecular weight is 347 g/mol. The number of benzene rings is 2. The van der Waals surface area contributed by atoms with E-state index in [4.69, 9.17) is 46.4 Å². The maximum Gasteiger partial charge on any atom is 0.0627 e. The summed E-state index contributed by atoms with van der Waals surface area (Å²) in [7, 11) is 0. The molecule has 0 N–H and O–H groups in total. The summed E-state index contributed by atoms with van der Waals surface area (Å²) in [4.78, 5) is 0. The second-order valence-corrected chi connectivity index (χ2v) is 6.27. The second-order valence-electron chi connectivity index (χ2n) is 4.70. The zero-order valence-corrected chi connectivity index (χ0v) is 14.1. The Kier molecular flexibility index (Phi) is 5.25. The van der Waals surface area contributed by atoms with E-state index in [1.54, 1.807) is 0 Å². The predicted molar refractivity (Wildman–Crippen MR) is 89.5 cm³/mol. The van der Waals surface area contributed by atoms with Gasteiger partial charge < -0.3 is 0 Å². The molecule has 0 bridgehead atoms. The minimum Gasteiger partial charge on any atom is -0.0840 e. The number of hydrogen-bond donors (Lipinski definition) is 0. The van der Waals surface area contributed by atoms with Crippen molar-refractivity contribution in [2.24, 2.45) is 0 Å². The van der Waals surface area contributed by atoms with Gasteiger partial charge in [0.2, 0.25) is 0 Å². The Morgan fingerprint density at radius 1 is 0.850 bits per heavy atom. The Balaban J connectivity index is 2.21. The van der Waals surface area contributed by atoms with Gasteiger partial charge in [-0.3, -0.25) is 0 Å². The fourth-order valence-electron chi connectivity index (χ4n) is 1.88. The molecule has 0 spiro atoms. The summed E-state index contributed by atoms with van der Waals surface area (Å²) in [5.41, 5.74) is 3.80. The van der Waals surface area contributed by atoms with Gasteiger partial charge in [0.15, 0.2) is 0 Å². The van der Waals surface area contributed by atoms with Crippen LogP contribution in [-0.4, -0.2) is 0 Å². The van der Waals surface area contributed by atoms with Gasteiger partial charge in [0, 0.05) is 10.0 Å². The Labute approximate surface area is 139 Å². The fraction of sp³-hybridized carbons (Fsp3) is 0.188. The molecule has 0 heterocycles. The highest BCUT2D eigenvalue weighted by Crippen LogP contribution is 2.32. The quantitative estimate of drug-likeness (QED) is 0.579. The van der Waals surface area contributed by atoms with E-state index in [1.807, 2.05) is 44.5 Å². The lowest BCUT2D eigenvalue weighted by atomic mass is 10.0. The van der Waals surface area contributed by atoms with Crippen LogP contribution in [0.2, 0.25) is 20.1 Å². The molecule has 2 aromatic carbocycles. The van der Waals surface area contributed by atoms with Crippen LogP contribution in [0.4, 0.5) is 0 Å². The SMILES string of the molecule is Cc1cc(Cl)c([CH]Cc2ccc(C)c(Cl)c2Cl)cc1Cl. The first-order valence-corrected chi connectivity index (χ1v) is 7.63. The van der Waals surface area contributed by atoms with Crippen molar-refractivity contribution in [3.05, 3.63) is 73.0 Å². The van der Waals surface area contributed by atoms with Crippen molar-refractivity contribution >= 4 is 46.4 Å². The monoisotopic (exact) mass is 345 g/mol. The Morgan fingerprint density at radius 3 is 2.25 bits per heavy atom. The van der Waals surface area contributed by atoms with E-state index >= 15 is 0 Å². The van der Waals surface area contributed by atoms with E-state index in [9.17, 15) is 0 Å². The van der Waals surface area contributed by atoms with Crippen LogP contribution in [0.3, 0.4) is 0 Å². The van der Waals surface area contributed by atoms with Gasteiger partial charge in [-0.25, -0.2) is 0 Å². The largest absolute Gasteiger partial charge is 0.0840 e. The molecule has 20 heavy (non-hydrogen) atoms. The summed E-state index contributed by atoms with van der Waals surface area (Å²) in [6, 6.07) is 7.66. The maximum atomic E-state index is 6.25. The first-order chi connectivity index (χ1) is 9.40. The summed E-state index contributed by atoms with van der Waals surface area (Å²) in [5.74, 6) is 0. The van der Waals surface area contributed by atoms with Crippen LogP contribution < -0.4 is 0 Å². The predicted octanol–water partition coefficient (Wildman–Crippen LogP) is 6.71.